The van der Waals surface area contributed by atoms with Gasteiger partial charge in [-0.2, -0.15) is 0 Å². The number of rotatable bonds is 7. The highest BCUT2D eigenvalue weighted by Gasteiger charge is 2.14. The third kappa shape index (κ3) is 3.47. The minimum absolute atomic E-state index is 0.230. The summed E-state index contributed by atoms with van der Waals surface area (Å²) in [5.41, 5.74) is 0. The Morgan fingerprint density at radius 2 is 2.32 bits per heavy atom. The number of carbonyl (C=O) groups is 1. The third-order valence-electron chi connectivity index (χ3n) is 2.68. The van der Waals surface area contributed by atoms with Crippen LogP contribution in [0.1, 0.15) is 26.7 Å². The number of hydrogen-bond acceptors (Lipinski definition) is 5. The molecule has 0 N–H and O–H groups in total. The summed E-state index contributed by atoms with van der Waals surface area (Å²) < 4.78 is 7.38. The lowest BCUT2D eigenvalue weighted by Crippen LogP contribution is -2.00. The number of ketones is 1. The summed E-state index contributed by atoms with van der Waals surface area (Å²) in [4.78, 5) is 10.9. The second-order valence-corrected chi connectivity index (χ2v) is 5.24. The van der Waals surface area contributed by atoms with Crippen molar-refractivity contribution in [3.05, 3.63) is 18.4 Å². The Morgan fingerprint density at radius 3 is 2.95 bits per heavy atom. The van der Waals surface area contributed by atoms with E-state index in [0.29, 0.717) is 6.42 Å². The fraction of sp³-hybridized carbons (Fsp3) is 0.462. The highest BCUT2D eigenvalue weighted by molar-refractivity contribution is 7.99. The van der Waals surface area contributed by atoms with Crippen LogP contribution in [0.15, 0.2) is 28.0 Å². The minimum atomic E-state index is 0.230. The minimum Gasteiger partial charge on any atom is -0.461 e. The van der Waals surface area contributed by atoms with Gasteiger partial charge in [0.05, 0.1) is 6.26 Å². The topological polar surface area (TPSA) is 60.9 Å². The second-order valence-electron chi connectivity index (χ2n) is 4.18. The molecule has 2 heterocycles. The Balaban J connectivity index is 2.03. The highest BCUT2D eigenvalue weighted by atomic mass is 32.2. The maximum Gasteiger partial charge on any atom is 0.200 e. The maximum atomic E-state index is 10.9. The fourth-order valence-corrected chi connectivity index (χ4v) is 2.69. The summed E-state index contributed by atoms with van der Waals surface area (Å²) >= 11 is 1.63. The smallest absolute Gasteiger partial charge is 0.200 e. The van der Waals surface area contributed by atoms with E-state index in [1.54, 1.807) is 24.9 Å². The molecule has 6 heteroatoms. The van der Waals surface area contributed by atoms with Gasteiger partial charge in [0.25, 0.3) is 0 Å². The number of thioether (sulfide) groups is 1. The van der Waals surface area contributed by atoms with Crippen LogP contribution in [0.4, 0.5) is 0 Å². The van der Waals surface area contributed by atoms with Crippen molar-refractivity contribution in [2.45, 2.75) is 38.4 Å². The van der Waals surface area contributed by atoms with Crippen molar-refractivity contribution in [3.63, 3.8) is 0 Å². The van der Waals surface area contributed by atoms with Crippen LogP contribution in [0.2, 0.25) is 0 Å². The van der Waals surface area contributed by atoms with Crippen molar-refractivity contribution >= 4 is 17.5 Å². The van der Waals surface area contributed by atoms with Gasteiger partial charge in [-0.3, -0.25) is 4.57 Å². The quantitative estimate of drug-likeness (QED) is 0.576. The van der Waals surface area contributed by atoms with Crippen LogP contribution in [0.3, 0.4) is 0 Å². The number of hydrogen-bond donors (Lipinski definition) is 0. The van der Waals surface area contributed by atoms with Crippen molar-refractivity contribution in [3.8, 4) is 11.6 Å². The van der Waals surface area contributed by atoms with Gasteiger partial charge in [0, 0.05) is 18.7 Å². The largest absolute Gasteiger partial charge is 0.461 e. The molecule has 5 nitrogen and oxygen atoms in total. The Labute approximate surface area is 116 Å². The summed E-state index contributed by atoms with van der Waals surface area (Å²) in [6.07, 6.45) is 3.12. The van der Waals surface area contributed by atoms with E-state index in [1.807, 2.05) is 16.7 Å². The molecule has 2 aromatic rings. The van der Waals surface area contributed by atoms with E-state index in [4.69, 9.17) is 4.42 Å². The number of nitrogens with zero attached hydrogens (tertiary/aromatic N) is 3. The molecule has 0 aliphatic rings. The fourth-order valence-electron chi connectivity index (χ4n) is 1.75. The summed E-state index contributed by atoms with van der Waals surface area (Å²) in [6.45, 7) is 4.46. The summed E-state index contributed by atoms with van der Waals surface area (Å²) in [5, 5.41) is 9.24. The van der Waals surface area contributed by atoms with Gasteiger partial charge >= 0.3 is 0 Å². The molecule has 0 amide bonds. The lowest BCUT2D eigenvalue weighted by Gasteiger charge is -2.05. The van der Waals surface area contributed by atoms with Crippen LogP contribution < -0.4 is 0 Å². The molecule has 0 saturated heterocycles. The van der Waals surface area contributed by atoms with Crippen LogP contribution in [-0.4, -0.2) is 26.3 Å². The van der Waals surface area contributed by atoms with E-state index in [-0.39, 0.29) is 5.78 Å². The number of furan rings is 1. The molecule has 0 aliphatic heterocycles. The Hall–Kier alpha value is -1.56. The van der Waals surface area contributed by atoms with Gasteiger partial charge < -0.3 is 9.21 Å². The summed E-state index contributed by atoms with van der Waals surface area (Å²) in [7, 11) is 0. The van der Waals surface area contributed by atoms with Gasteiger partial charge in [0.1, 0.15) is 5.78 Å². The zero-order valence-corrected chi connectivity index (χ0v) is 11.9. The maximum absolute atomic E-state index is 10.9. The molecular weight excluding hydrogens is 262 g/mol. The SMILES string of the molecule is CCn1c(SCCCC(C)=O)nnc1-c1ccco1. The van der Waals surface area contributed by atoms with E-state index in [0.717, 1.165) is 35.5 Å². The molecule has 0 saturated carbocycles. The van der Waals surface area contributed by atoms with Crippen molar-refractivity contribution in [2.75, 3.05) is 5.75 Å². The number of aromatic nitrogens is 3. The van der Waals surface area contributed by atoms with E-state index < -0.39 is 0 Å². The van der Waals surface area contributed by atoms with Gasteiger partial charge in [0.2, 0.25) is 0 Å². The zero-order valence-electron chi connectivity index (χ0n) is 11.1. The zero-order chi connectivity index (χ0) is 13.7. The molecule has 0 aromatic carbocycles. The Morgan fingerprint density at radius 1 is 1.47 bits per heavy atom. The molecule has 19 heavy (non-hydrogen) atoms. The van der Waals surface area contributed by atoms with Crippen LogP contribution >= 0.6 is 11.8 Å². The first-order chi connectivity index (χ1) is 9.22. The van der Waals surface area contributed by atoms with Crippen molar-refractivity contribution in [1.29, 1.82) is 0 Å². The molecule has 2 aromatic heterocycles. The predicted molar refractivity (Wildman–Crippen MR) is 74.0 cm³/mol. The second kappa shape index (κ2) is 6.56. The van der Waals surface area contributed by atoms with Gasteiger partial charge in [0.15, 0.2) is 16.7 Å². The Kier molecular flexibility index (Phi) is 4.79. The first kappa shape index (κ1) is 13.9. The van der Waals surface area contributed by atoms with E-state index in [1.165, 1.54) is 0 Å². The molecule has 0 aliphatic carbocycles. The third-order valence-corrected chi connectivity index (χ3v) is 3.73. The number of Topliss-reactive ketones (excluding diaryl/α,β-unsaturated/α-hetero) is 1. The summed E-state index contributed by atoms with van der Waals surface area (Å²) in [6, 6.07) is 3.71. The molecule has 0 atom stereocenters. The van der Waals surface area contributed by atoms with Crippen LogP contribution in [0.25, 0.3) is 11.6 Å². The van der Waals surface area contributed by atoms with Crippen LogP contribution in [0, 0.1) is 0 Å². The van der Waals surface area contributed by atoms with Crippen molar-refractivity contribution in [1.82, 2.24) is 14.8 Å². The lowest BCUT2D eigenvalue weighted by atomic mass is 10.3. The highest BCUT2D eigenvalue weighted by Crippen LogP contribution is 2.24. The van der Waals surface area contributed by atoms with Gasteiger partial charge in [-0.25, -0.2) is 0 Å². The predicted octanol–water partition coefficient (Wildman–Crippen LogP) is 3.02. The summed E-state index contributed by atoms with van der Waals surface area (Å²) in [5.74, 6) is 2.58. The molecule has 0 bridgehead atoms. The Bertz CT molecular complexity index is 534. The van der Waals surface area contributed by atoms with Gasteiger partial charge in [-0.1, -0.05) is 11.8 Å². The molecule has 2 rings (SSSR count). The van der Waals surface area contributed by atoms with Crippen LogP contribution in [0.5, 0.6) is 0 Å². The first-order valence-corrected chi connectivity index (χ1v) is 7.30. The number of carbonyl (C=O) groups excluding carboxylic acids is 1. The first-order valence-electron chi connectivity index (χ1n) is 6.31. The normalized spacial score (nSPS) is 10.8. The van der Waals surface area contributed by atoms with Gasteiger partial charge in [-0.05, 0) is 32.4 Å². The van der Waals surface area contributed by atoms with Crippen molar-refractivity contribution in [2.24, 2.45) is 0 Å². The van der Waals surface area contributed by atoms with E-state index >= 15 is 0 Å². The average Bonchev–Trinajstić information content (AvgIpc) is 3.02. The molecule has 102 valence electrons. The van der Waals surface area contributed by atoms with E-state index in [2.05, 4.69) is 17.1 Å². The molecule has 0 radical (unpaired) electrons. The average molecular weight is 279 g/mol. The molecule has 0 unspecified atom stereocenters. The molecular formula is C13H17N3O2S. The standard InChI is InChI=1S/C13H17N3O2S/c1-3-16-12(11-7-4-8-18-11)14-15-13(16)19-9-5-6-10(2)17/h4,7-8H,3,5-6,9H2,1-2H3. The van der Waals surface area contributed by atoms with Crippen LogP contribution in [-0.2, 0) is 11.3 Å². The van der Waals surface area contributed by atoms with Gasteiger partial charge in [-0.15, -0.1) is 10.2 Å². The molecule has 0 fully saturated rings. The molecule has 0 spiro atoms. The van der Waals surface area contributed by atoms with E-state index in [9.17, 15) is 4.79 Å². The lowest BCUT2D eigenvalue weighted by molar-refractivity contribution is -0.117. The van der Waals surface area contributed by atoms with Crippen molar-refractivity contribution < 1.29 is 9.21 Å². The monoisotopic (exact) mass is 279 g/mol.